The Morgan fingerprint density at radius 1 is 1.06 bits per heavy atom. The number of ether oxygens (including phenoxy) is 1. The Morgan fingerprint density at radius 2 is 1.68 bits per heavy atom. The number of nitro benzene ring substituents is 1. The molecule has 160 valence electrons. The molecule has 0 spiro atoms. The van der Waals surface area contributed by atoms with E-state index in [2.05, 4.69) is 0 Å². The van der Waals surface area contributed by atoms with Crippen LogP contribution in [0, 0.1) is 10.1 Å². The number of aliphatic hydroxyl groups is 1. The van der Waals surface area contributed by atoms with E-state index in [1.807, 2.05) is 0 Å². The van der Waals surface area contributed by atoms with Crippen LogP contribution in [-0.2, 0) is 9.59 Å². The van der Waals surface area contributed by atoms with Crippen molar-refractivity contribution in [1.82, 2.24) is 4.90 Å². The molecule has 8 nitrogen and oxygen atoms in total. The third-order valence-corrected chi connectivity index (χ3v) is 5.98. The van der Waals surface area contributed by atoms with Crippen molar-refractivity contribution in [2.45, 2.75) is 37.8 Å². The van der Waals surface area contributed by atoms with Gasteiger partial charge in [0.2, 0.25) is 0 Å². The molecule has 1 aliphatic carbocycles. The Kier molecular flexibility index (Phi) is 5.46. The molecule has 4 rings (SSSR count). The van der Waals surface area contributed by atoms with Gasteiger partial charge in [0.05, 0.1) is 23.6 Å². The molecular weight excluding hydrogens is 400 g/mol. The molecule has 1 N–H and O–H groups in total. The maximum absolute atomic E-state index is 13.0. The molecule has 2 fully saturated rings. The normalized spacial score (nSPS) is 20.9. The largest absolute Gasteiger partial charge is 0.507 e. The first-order chi connectivity index (χ1) is 14.9. The fourth-order valence-corrected chi connectivity index (χ4v) is 4.42. The van der Waals surface area contributed by atoms with Gasteiger partial charge in [-0.3, -0.25) is 19.7 Å². The molecule has 2 aliphatic rings. The van der Waals surface area contributed by atoms with Gasteiger partial charge in [0.15, 0.2) is 0 Å². The minimum atomic E-state index is -0.747. The van der Waals surface area contributed by atoms with Crippen molar-refractivity contribution in [3.63, 3.8) is 0 Å². The van der Waals surface area contributed by atoms with Crippen molar-refractivity contribution in [1.29, 1.82) is 0 Å². The first-order valence-corrected chi connectivity index (χ1v) is 10.1. The highest BCUT2D eigenvalue weighted by molar-refractivity contribution is 6.46. The second-order valence-corrected chi connectivity index (χ2v) is 7.72. The molecule has 1 unspecified atom stereocenters. The summed E-state index contributed by atoms with van der Waals surface area (Å²) in [6.07, 6.45) is 3.56. The monoisotopic (exact) mass is 422 g/mol. The Morgan fingerprint density at radius 3 is 2.23 bits per heavy atom. The van der Waals surface area contributed by atoms with E-state index in [0.29, 0.717) is 11.3 Å². The lowest BCUT2D eigenvalue weighted by molar-refractivity contribution is -0.384. The lowest BCUT2D eigenvalue weighted by Gasteiger charge is -2.30. The van der Waals surface area contributed by atoms with Crippen LogP contribution < -0.4 is 4.74 Å². The van der Waals surface area contributed by atoms with E-state index in [-0.39, 0.29) is 28.6 Å². The first kappa shape index (κ1) is 20.6. The van der Waals surface area contributed by atoms with Gasteiger partial charge in [-0.25, -0.2) is 0 Å². The third kappa shape index (κ3) is 3.65. The standard InChI is InChI=1S/C23H22N2O6/c1-31-18-12-8-14(9-13-18)20-19(21(26)15-6-10-17(11-7-15)25(29)30)22(27)23(28)24(20)16-4-2-3-5-16/h6-13,16,20,26H,2-5H2,1H3/b21-19-. The van der Waals surface area contributed by atoms with Gasteiger partial charge in [-0.1, -0.05) is 25.0 Å². The molecule has 0 radical (unpaired) electrons. The van der Waals surface area contributed by atoms with Gasteiger partial charge < -0.3 is 14.7 Å². The SMILES string of the molecule is COc1ccc(C2/C(=C(/O)c3ccc([N+](=O)[O-])cc3)C(=O)C(=O)N2C2CCCC2)cc1. The number of nitrogens with zero attached hydrogens (tertiary/aromatic N) is 2. The minimum Gasteiger partial charge on any atom is -0.507 e. The predicted molar refractivity (Wildman–Crippen MR) is 112 cm³/mol. The molecule has 2 aromatic rings. The zero-order chi connectivity index (χ0) is 22.1. The number of carbonyl (C=O) groups excluding carboxylic acids is 2. The zero-order valence-corrected chi connectivity index (χ0v) is 17.0. The lowest BCUT2D eigenvalue weighted by Crippen LogP contribution is -2.37. The Hall–Kier alpha value is -3.68. The third-order valence-electron chi connectivity index (χ3n) is 5.98. The highest BCUT2D eigenvalue weighted by atomic mass is 16.6. The average Bonchev–Trinajstić information content (AvgIpc) is 3.40. The maximum Gasteiger partial charge on any atom is 0.295 e. The van der Waals surface area contributed by atoms with E-state index in [0.717, 1.165) is 25.7 Å². The van der Waals surface area contributed by atoms with E-state index >= 15 is 0 Å². The van der Waals surface area contributed by atoms with Crippen molar-refractivity contribution >= 4 is 23.1 Å². The van der Waals surface area contributed by atoms with Gasteiger partial charge >= 0.3 is 0 Å². The van der Waals surface area contributed by atoms with Crippen molar-refractivity contribution in [2.75, 3.05) is 7.11 Å². The fraction of sp³-hybridized carbons (Fsp3) is 0.304. The molecule has 1 saturated heterocycles. The number of hydrogen-bond donors (Lipinski definition) is 1. The summed E-state index contributed by atoms with van der Waals surface area (Å²) in [5.41, 5.74) is 0.800. The van der Waals surface area contributed by atoms with Crippen LogP contribution >= 0.6 is 0 Å². The van der Waals surface area contributed by atoms with E-state index in [1.54, 1.807) is 36.3 Å². The number of aliphatic hydroxyl groups excluding tert-OH is 1. The minimum absolute atomic E-state index is 0.00378. The van der Waals surface area contributed by atoms with Crippen LogP contribution in [-0.4, -0.2) is 39.8 Å². The summed E-state index contributed by atoms with van der Waals surface area (Å²) in [5.74, 6) is -1.08. The number of Topliss-reactive ketones (excluding diaryl/α,β-unsaturated/α-hetero) is 1. The quantitative estimate of drug-likeness (QED) is 0.257. The number of rotatable bonds is 5. The summed E-state index contributed by atoms with van der Waals surface area (Å²) in [4.78, 5) is 38.0. The number of nitro groups is 1. The molecular formula is C23H22N2O6. The van der Waals surface area contributed by atoms with Crippen molar-refractivity contribution in [3.05, 3.63) is 75.3 Å². The molecule has 0 bridgehead atoms. The van der Waals surface area contributed by atoms with Crippen molar-refractivity contribution in [2.24, 2.45) is 0 Å². The van der Waals surface area contributed by atoms with Crippen LogP contribution in [0.4, 0.5) is 5.69 Å². The molecule has 0 aromatic heterocycles. The van der Waals surface area contributed by atoms with Crippen LogP contribution in [0.2, 0.25) is 0 Å². The fourth-order valence-electron chi connectivity index (χ4n) is 4.42. The van der Waals surface area contributed by atoms with Crippen LogP contribution in [0.1, 0.15) is 42.9 Å². The van der Waals surface area contributed by atoms with Crippen LogP contribution in [0.25, 0.3) is 5.76 Å². The second-order valence-electron chi connectivity index (χ2n) is 7.72. The molecule has 1 heterocycles. The predicted octanol–water partition coefficient (Wildman–Crippen LogP) is 3.97. The van der Waals surface area contributed by atoms with Crippen molar-refractivity contribution < 1.29 is 24.4 Å². The highest BCUT2D eigenvalue weighted by Crippen LogP contribution is 2.43. The highest BCUT2D eigenvalue weighted by Gasteiger charge is 2.49. The number of benzene rings is 2. The molecule has 2 aromatic carbocycles. The van der Waals surface area contributed by atoms with Crippen LogP contribution in [0.5, 0.6) is 5.75 Å². The number of amides is 1. The van der Waals surface area contributed by atoms with Crippen LogP contribution in [0.15, 0.2) is 54.1 Å². The first-order valence-electron chi connectivity index (χ1n) is 10.1. The molecule has 1 aliphatic heterocycles. The smallest absolute Gasteiger partial charge is 0.295 e. The Labute approximate surface area is 178 Å². The van der Waals surface area contributed by atoms with Gasteiger partial charge in [0, 0.05) is 23.7 Å². The van der Waals surface area contributed by atoms with E-state index in [1.165, 1.54) is 24.3 Å². The molecule has 8 heteroatoms. The van der Waals surface area contributed by atoms with Crippen molar-refractivity contribution in [3.8, 4) is 5.75 Å². The molecule has 1 atom stereocenters. The Bertz CT molecular complexity index is 1050. The number of likely N-dealkylation sites (tertiary alicyclic amines) is 1. The van der Waals surface area contributed by atoms with Gasteiger partial charge in [0.1, 0.15) is 11.5 Å². The molecule has 1 amide bonds. The van der Waals surface area contributed by atoms with Gasteiger partial charge in [0.25, 0.3) is 17.4 Å². The maximum atomic E-state index is 13.0. The lowest BCUT2D eigenvalue weighted by atomic mass is 9.94. The van der Waals surface area contributed by atoms with E-state index < -0.39 is 22.7 Å². The summed E-state index contributed by atoms with van der Waals surface area (Å²) in [7, 11) is 1.55. The van der Waals surface area contributed by atoms with E-state index in [4.69, 9.17) is 4.74 Å². The zero-order valence-electron chi connectivity index (χ0n) is 17.0. The number of methoxy groups -OCH3 is 1. The Balaban J connectivity index is 1.84. The summed E-state index contributed by atoms with van der Waals surface area (Å²) >= 11 is 0. The number of ketones is 1. The van der Waals surface area contributed by atoms with Crippen LogP contribution in [0.3, 0.4) is 0 Å². The number of carbonyl (C=O) groups is 2. The average molecular weight is 422 g/mol. The molecule has 1 saturated carbocycles. The summed E-state index contributed by atoms with van der Waals surface area (Å²) in [6.45, 7) is 0. The van der Waals surface area contributed by atoms with E-state index in [9.17, 15) is 24.8 Å². The molecule has 31 heavy (non-hydrogen) atoms. The van der Waals surface area contributed by atoms with Gasteiger partial charge in [-0.15, -0.1) is 0 Å². The number of non-ortho nitro benzene ring substituents is 1. The summed E-state index contributed by atoms with van der Waals surface area (Å²) in [5, 5.41) is 21.9. The summed E-state index contributed by atoms with van der Waals surface area (Å²) in [6, 6.07) is 11.5. The second kappa shape index (κ2) is 8.22. The topological polar surface area (TPSA) is 110 Å². The van der Waals surface area contributed by atoms with Gasteiger partial charge in [-0.2, -0.15) is 0 Å². The summed E-state index contributed by atoms with van der Waals surface area (Å²) < 4.78 is 5.21. The van der Waals surface area contributed by atoms with Gasteiger partial charge in [-0.05, 0) is 42.7 Å². The number of hydrogen-bond acceptors (Lipinski definition) is 6.